The molecular weight excluding hydrogens is 509 g/mol. The minimum atomic E-state index is -1.74. The molecule has 8 atom stereocenters. The van der Waals surface area contributed by atoms with Crippen LogP contribution in [0.2, 0.25) is 0 Å². The average molecular weight is 577 g/mol. The van der Waals surface area contributed by atoms with E-state index in [-0.39, 0.29) is 0 Å². The molecule has 7 rings (SSSR count). The van der Waals surface area contributed by atoms with Crippen molar-refractivity contribution in [2.75, 3.05) is 36.0 Å². The second-order valence-corrected chi connectivity index (χ2v) is 26.3. The van der Waals surface area contributed by atoms with Crippen molar-refractivity contribution in [2.45, 2.75) is 129 Å². The van der Waals surface area contributed by atoms with Crippen molar-refractivity contribution in [3.8, 4) is 0 Å². The van der Waals surface area contributed by atoms with Crippen LogP contribution in [0.5, 0.6) is 0 Å². The number of hydrogen-bond acceptors (Lipinski definition) is 1. The SMILES string of the molecule is CCCC[C@H]1CSC(CC)CC12CC(C[SH](C)(C)(C)CC(CC)C13C=CC4CC1CCCC4[C@H]3CCCC)C2. The van der Waals surface area contributed by atoms with E-state index in [1.807, 2.05) is 0 Å². The van der Waals surface area contributed by atoms with Crippen LogP contribution in [0.1, 0.15) is 124 Å². The van der Waals surface area contributed by atoms with E-state index in [4.69, 9.17) is 0 Å². The van der Waals surface area contributed by atoms with Gasteiger partial charge in [0.15, 0.2) is 0 Å². The van der Waals surface area contributed by atoms with Gasteiger partial charge in [-0.2, -0.15) is 11.8 Å². The Morgan fingerprint density at radius 1 is 0.949 bits per heavy atom. The van der Waals surface area contributed by atoms with E-state index in [0.717, 1.165) is 52.1 Å². The van der Waals surface area contributed by atoms with Gasteiger partial charge in [-0.3, -0.25) is 9.16 Å². The number of rotatable bonds is 13. The van der Waals surface area contributed by atoms with Gasteiger partial charge >= 0.3 is 0 Å². The van der Waals surface area contributed by atoms with Gasteiger partial charge in [0.1, 0.15) is 0 Å². The molecule has 1 aliphatic heterocycles. The molecule has 0 amide bonds. The molecule has 0 aromatic heterocycles. The quantitative estimate of drug-likeness (QED) is 0.168. The molecule has 0 nitrogen and oxygen atoms in total. The zero-order valence-corrected chi connectivity index (χ0v) is 29.1. The molecule has 0 N–H and O–H groups in total. The predicted molar refractivity (Wildman–Crippen MR) is 183 cm³/mol. The molecule has 4 bridgehead atoms. The number of unbranched alkanes of at least 4 members (excludes halogenated alkanes) is 2. The summed E-state index contributed by atoms with van der Waals surface area (Å²) in [6.07, 6.45) is 36.5. The highest BCUT2D eigenvalue weighted by atomic mass is 32.3. The Bertz CT molecular complexity index is 843. The molecule has 0 radical (unpaired) electrons. The van der Waals surface area contributed by atoms with Gasteiger partial charge in [-0.25, -0.2) is 0 Å². The van der Waals surface area contributed by atoms with Gasteiger partial charge in [0.2, 0.25) is 0 Å². The lowest BCUT2D eigenvalue weighted by Gasteiger charge is -2.66. The number of thioether (sulfide) groups is 1. The fraction of sp³-hybridized carbons (Fsp3) is 0.946. The Kier molecular flexibility index (Phi) is 9.38. The lowest BCUT2D eigenvalue weighted by molar-refractivity contribution is -0.0485. The summed E-state index contributed by atoms with van der Waals surface area (Å²) in [5.41, 5.74) is 1.26. The van der Waals surface area contributed by atoms with Gasteiger partial charge < -0.3 is 0 Å². The van der Waals surface area contributed by atoms with E-state index in [1.165, 1.54) is 82.8 Å². The third-order valence-corrected chi connectivity index (χ3v) is 18.6. The van der Waals surface area contributed by atoms with Crippen molar-refractivity contribution in [2.24, 2.45) is 52.3 Å². The minimum absolute atomic E-state index is 0.534. The summed E-state index contributed by atoms with van der Waals surface area (Å²) in [4.78, 5) is 0. The zero-order valence-electron chi connectivity index (χ0n) is 27.4. The third-order valence-electron chi connectivity index (χ3n) is 13.4. The van der Waals surface area contributed by atoms with Gasteiger partial charge in [-0.05, 0) is 146 Å². The zero-order chi connectivity index (χ0) is 27.9. The largest absolute Gasteiger partial charge is 0.289 e. The molecule has 0 aromatic rings. The second kappa shape index (κ2) is 11.8. The fourth-order valence-electron chi connectivity index (χ4n) is 11.9. The highest BCUT2D eigenvalue weighted by Gasteiger charge is 2.60. The number of allylic oxidation sites excluding steroid dienone is 2. The van der Waals surface area contributed by atoms with E-state index in [2.05, 4.69) is 70.4 Å². The van der Waals surface area contributed by atoms with Crippen LogP contribution in [0, 0.1) is 52.3 Å². The summed E-state index contributed by atoms with van der Waals surface area (Å²) in [6, 6.07) is 0. The maximum Gasteiger partial charge on any atom is 0.00499 e. The molecule has 1 spiro atoms. The summed E-state index contributed by atoms with van der Waals surface area (Å²) < 4.78 is 0. The summed E-state index contributed by atoms with van der Waals surface area (Å²) in [5.74, 6) is 11.5. The van der Waals surface area contributed by atoms with Crippen molar-refractivity contribution < 1.29 is 0 Å². The molecule has 6 aliphatic carbocycles. The van der Waals surface area contributed by atoms with Crippen LogP contribution in [0.25, 0.3) is 0 Å². The van der Waals surface area contributed by atoms with E-state index in [0.29, 0.717) is 5.41 Å². The van der Waals surface area contributed by atoms with Crippen LogP contribution in [0.4, 0.5) is 0 Å². The van der Waals surface area contributed by atoms with Crippen LogP contribution in [0.3, 0.4) is 0 Å². The topological polar surface area (TPSA) is 0 Å². The predicted octanol–water partition coefficient (Wildman–Crippen LogP) is 10.9. The fourth-order valence-corrected chi connectivity index (χ4v) is 18.2. The first-order chi connectivity index (χ1) is 18.6. The Hall–Kier alpha value is 0.440. The first kappa shape index (κ1) is 30.9. The monoisotopic (exact) mass is 576 g/mol. The van der Waals surface area contributed by atoms with Gasteiger partial charge in [0.05, 0.1) is 0 Å². The second-order valence-electron chi connectivity index (χ2n) is 17.3. The Morgan fingerprint density at radius 2 is 1.69 bits per heavy atom. The number of hydrogen-bond donors (Lipinski definition) is 1. The standard InChI is InChI=1S/C37H68S2/c1-8-12-15-32-25-38-33(11-4)24-36(32)22-28(23-36)26-39(5,6,7)27-30(10-3)37-20-19-29-21-31(37)16-14-17-34(29)35(37)18-13-9-2/h19-20,28-35,39H,8-18,21-27H2,1-7H3/t28?,29?,30?,31?,32-,33?,34?,35+,36?,37?/m0/s1. The summed E-state index contributed by atoms with van der Waals surface area (Å²) in [7, 11) is -1.74. The lowest BCUT2D eigenvalue weighted by atomic mass is 9.45. The van der Waals surface area contributed by atoms with Crippen LogP contribution >= 0.6 is 20.9 Å². The van der Waals surface area contributed by atoms with Crippen LogP contribution in [0.15, 0.2) is 12.2 Å². The maximum atomic E-state index is 2.90. The maximum absolute atomic E-state index is 2.90. The molecular formula is C37H68S2. The van der Waals surface area contributed by atoms with Crippen LogP contribution < -0.4 is 0 Å². The van der Waals surface area contributed by atoms with Crippen molar-refractivity contribution in [1.29, 1.82) is 0 Å². The minimum Gasteiger partial charge on any atom is -0.289 e. The smallest absolute Gasteiger partial charge is 0.00499 e. The average Bonchev–Trinajstić information content (AvgIpc) is 3.16. The molecule has 4 saturated carbocycles. The van der Waals surface area contributed by atoms with Crippen molar-refractivity contribution >= 4 is 20.9 Å². The Balaban J connectivity index is 1.32. The highest BCUT2D eigenvalue weighted by Crippen LogP contribution is 2.72. The Morgan fingerprint density at radius 3 is 2.38 bits per heavy atom. The number of thiol groups is 1. The normalized spacial score (nSPS) is 43.2. The Labute approximate surface area is 249 Å². The molecule has 228 valence electrons. The molecule has 1 heterocycles. The molecule has 5 fully saturated rings. The number of fused-ring (bicyclic) bond motifs is 2. The van der Waals surface area contributed by atoms with Gasteiger partial charge in [0, 0.05) is 5.25 Å². The van der Waals surface area contributed by atoms with E-state index < -0.39 is 9.16 Å². The van der Waals surface area contributed by atoms with Crippen LogP contribution in [-0.4, -0.2) is 41.3 Å². The molecule has 1 saturated heterocycles. The van der Waals surface area contributed by atoms with Gasteiger partial charge in [-0.15, -0.1) is 0 Å². The van der Waals surface area contributed by atoms with Gasteiger partial charge in [0.25, 0.3) is 0 Å². The summed E-state index contributed by atoms with van der Waals surface area (Å²) >= 11 is 2.33. The lowest BCUT2D eigenvalue weighted by Crippen LogP contribution is -2.55. The van der Waals surface area contributed by atoms with E-state index in [1.54, 1.807) is 30.8 Å². The van der Waals surface area contributed by atoms with E-state index in [9.17, 15) is 0 Å². The van der Waals surface area contributed by atoms with Crippen molar-refractivity contribution in [3.63, 3.8) is 0 Å². The molecule has 0 aromatic carbocycles. The summed E-state index contributed by atoms with van der Waals surface area (Å²) in [5, 5.41) is 0.945. The molecule has 39 heavy (non-hydrogen) atoms. The van der Waals surface area contributed by atoms with Crippen LogP contribution in [-0.2, 0) is 0 Å². The van der Waals surface area contributed by atoms with Crippen molar-refractivity contribution in [3.05, 3.63) is 12.2 Å². The summed E-state index contributed by atoms with van der Waals surface area (Å²) in [6.45, 7) is 9.86. The van der Waals surface area contributed by atoms with Crippen molar-refractivity contribution in [1.82, 2.24) is 0 Å². The molecule has 6 unspecified atom stereocenters. The first-order valence-electron chi connectivity index (χ1n) is 17.9. The molecule has 7 aliphatic rings. The third kappa shape index (κ3) is 5.97. The first-order valence-corrected chi connectivity index (χ1v) is 22.9. The highest BCUT2D eigenvalue weighted by molar-refractivity contribution is 8.48. The molecule has 2 heteroatoms. The van der Waals surface area contributed by atoms with Gasteiger partial charge in [-0.1, -0.05) is 78.4 Å². The van der Waals surface area contributed by atoms with E-state index >= 15 is 0 Å².